The van der Waals surface area contributed by atoms with Crippen molar-refractivity contribution in [2.75, 3.05) is 13.2 Å². The van der Waals surface area contributed by atoms with Crippen molar-refractivity contribution in [1.82, 2.24) is 41.9 Å². The number of amides is 6. The number of carboxylic acid groups (broad SMARTS) is 2. The minimum Gasteiger partial charge on any atom is -0.481 e. The molecule has 0 aliphatic rings. The van der Waals surface area contributed by atoms with Crippen LogP contribution < -0.4 is 37.6 Å². The Hall–Kier alpha value is -5.97. The molecule has 1 aromatic carbocycles. The maximum absolute atomic E-state index is 13.3. The molecule has 54 heavy (non-hydrogen) atoms. The van der Waals surface area contributed by atoms with Crippen molar-refractivity contribution < 1.29 is 63.9 Å². The van der Waals surface area contributed by atoms with Crippen molar-refractivity contribution in [3.63, 3.8) is 0 Å². The van der Waals surface area contributed by atoms with Gasteiger partial charge in [0.2, 0.25) is 35.4 Å². The van der Waals surface area contributed by atoms with Gasteiger partial charge in [-0.05, 0) is 19.4 Å². The monoisotopic (exact) mass is 763 g/mol. The van der Waals surface area contributed by atoms with Crippen LogP contribution in [0.5, 0.6) is 0 Å². The first kappa shape index (κ1) is 44.2. The Morgan fingerprint density at radius 2 is 1.33 bits per heavy atom. The van der Waals surface area contributed by atoms with Gasteiger partial charge in [-0.3, -0.25) is 33.6 Å². The van der Waals surface area contributed by atoms with Crippen LogP contribution in [0.4, 0.5) is 0 Å². The highest BCUT2D eigenvalue weighted by molar-refractivity contribution is 5.97. The van der Waals surface area contributed by atoms with Gasteiger partial charge in [0.05, 0.1) is 44.1 Å². The van der Waals surface area contributed by atoms with E-state index in [-0.39, 0.29) is 12.8 Å². The smallest absolute Gasteiger partial charge is 0.328 e. The van der Waals surface area contributed by atoms with Gasteiger partial charge < -0.3 is 68.2 Å². The number of aliphatic carboxylic acids is 2. The Bertz CT molecular complexity index is 1610. The average Bonchev–Trinajstić information content (AvgIpc) is 3.62. The maximum Gasteiger partial charge on any atom is 0.328 e. The molecule has 0 radical (unpaired) electrons. The molecule has 0 unspecified atom stereocenters. The van der Waals surface area contributed by atoms with Gasteiger partial charge >= 0.3 is 11.9 Å². The average molecular weight is 764 g/mol. The predicted molar refractivity (Wildman–Crippen MR) is 183 cm³/mol. The quantitative estimate of drug-likeness (QED) is 0.0532. The summed E-state index contributed by atoms with van der Waals surface area (Å²) < 4.78 is 0. The van der Waals surface area contributed by atoms with E-state index in [1.54, 1.807) is 30.3 Å². The second kappa shape index (κ2) is 21.5. The van der Waals surface area contributed by atoms with Crippen LogP contribution in [0.3, 0.4) is 0 Å². The zero-order valence-electron chi connectivity index (χ0n) is 29.2. The number of benzene rings is 1. The summed E-state index contributed by atoms with van der Waals surface area (Å²) in [6.07, 6.45) is -1.49. The van der Waals surface area contributed by atoms with Crippen LogP contribution in [0.2, 0.25) is 0 Å². The first-order valence-corrected chi connectivity index (χ1v) is 16.4. The normalized spacial score (nSPS) is 15.4. The van der Waals surface area contributed by atoms with E-state index in [0.717, 1.165) is 13.8 Å². The zero-order chi connectivity index (χ0) is 40.5. The van der Waals surface area contributed by atoms with Gasteiger partial charge in [-0.1, -0.05) is 30.3 Å². The number of carbonyl (C=O) groups excluding carboxylic acids is 6. The van der Waals surface area contributed by atoms with E-state index in [4.69, 9.17) is 5.73 Å². The van der Waals surface area contributed by atoms with Crippen molar-refractivity contribution in [3.05, 3.63) is 54.1 Å². The van der Waals surface area contributed by atoms with Gasteiger partial charge in [0.15, 0.2) is 6.04 Å². The van der Waals surface area contributed by atoms with E-state index in [1.807, 2.05) is 0 Å². The van der Waals surface area contributed by atoms with Crippen LogP contribution in [-0.2, 0) is 51.2 Å². The first-order chi connectivity index (χ1) is 25.4. The van der Waals surface area contributed by atoms with Crippen molar-refractivity contribution >= 4 is 47.4 Å². The van der Waals surface area contributed by atoms with Gasteiger partial charge in [-0.25, -0.2) is 9.78 Å². The number of aliphatic hydroxyl groups is 3. The number of aromatic nitrogens is 2. The summed E-state index contributed by atoms with van der Waals surface area (Å²) in [6, 6.07) is -1.38. The molecule has 2 rings (SSSR count). The molecule has 6 amide bonds. The second-order valence-electron chi connectivity index (χ2n) is 12.1. The number of imidazole rings is 1. The number of aromatic amines is 1. The molecule has 22 nitrogen and oxygen atoms in total. The van der Waals surface area contributed by atoms with E-state index >= 15 is 0 Å². The van der Waals surface area contributed by atoms with Crippen molar-refractivity contribution in [2.24, 2.45) is 5.73 Å². The molecule has 0 saturated heterocycles. The van der Waals surface area contributed by atoms with Crippen LogP contribution in [0.25, 0.3) is 0 Å². The number of H-pyrrole nitrogens is 1. The van der Waals surface area contributed by atoms with Crippen molar-refractivity contribution in [1.29, 1.82) is 0 Å². The number of nitrogens with zero attached hydrogens (tertiary/aromatic N) is 1. The summed E-state index contributed by atoms with van der Waals surface area (Å²) in [5, 5.41) is 61.5. The van der Waals surface area contributed by atoms with Crippen LogP contribution in [0.15, 0.2) is 42.9 Å². The summed E-state index contributed by atoms with van der Waals surface area (Å²) in [4.78, 5) is 107. The van der Waals surface area contributed by atoms with E-state index in [9.17, 15) is 63.9 Å². The third-order valence-electron chi connectivity index (χ3n) is 7.63. The van der Waals surface area contributed by atoms with Gasteiger partial charge in [-0.2, -0.15) is 0 Å². The lowest BCUT2D eigenvalue weighted by molar-refractivity contribution is -0.145. The molecule has 0 aliphatic carbocycles. The first-order valence-electron chi connectivity index (χ1n) is 16.4. The van der Waals surface area contributed by atoms with Crippen molar-refractivity contribution in [2.45, 2.75) is 81.6 Å². The molecule has 2 aromatic rings. The van der Waals surface area contributed by atoms with E-state index in [2.05, 4.69) is 41.9 Å². The fourth-order valence-corrected chi connectivity index (χ4v) is 4.74. The molecule has 14 N–H and O–H groups in total. The number of hydrogen-bond acceptors (Lipinski definition) is 13. The Labute approximate surface area is 307 Å². The topological polar surface area (TPSA) is 365 Å². The predicted octanol–water partition coefficient (Wildman–Crippen LogP) is -5.62. The Kier molecular flexibility index (Phi) is 17.6. The van der Waals surface area contributed by atoms with Crippen LogP contribution in [0.1, 0.15) is 31.5 Å². The van der Waals surface area contributed by atoms with Crippen LogP contribution in [0, 0.1) is 0 Å². The van der Waals surface area contributed by atoms with Gasteiger partial charge in [-0.15, -0.1) is 0 Å². The summed E-state index contributed by atoms with van der Waals surface area (Å²) >= 11 is 0. The molecule has 1 aromatic heterocycles. The molecule has 0 aliphatic heterocycles. The summed E-state index contributed by atoms with van der Waals surface area (Å²) in [5.74, 6) is -9.49. The Morgan fingerprint density at radius 3 is 1.87 bits per heavy atom. The number of carbonyl (C=O) groups is 8. The number of nitrogens with one attached hydrogen (secondary N) is 7. The molecule has 0 bridgehead atoms. The van der Waals surface area contributed by atoms with Gasteiger partial charge in [0.25, 0.3) is 0 Å². The molecular formula is C32H45N9O13. The molecule has 1 heterocycles. The highest BCUT2D eigenvalue weighted by Crippen LogP contribution is 2.07. The lowest BCUT2D eigenvalue weighted by atomic mass is 10.0. The molecule has 0 saturated carbocycles. The SMILES string of the molecule is C[C@@H](O)[C@H](NC(=O)[C@H](Cc1ccccc1)NC(=O)[C@@H](NC(=O)CNC(=O)[C@H](CC(=O)O)NC(=O)[C@H](CO)NC(=O)[C@@H](N)Cc1cnc[nH]1)[C@@H](C)O)C(=O)O. The lowest BCUT2D eigenvalue weighted by Gasteiger charge is -2.26. The maximum atomic E-state index is 13.3. The fraction of sp³-hybridized carbons (Fsp3) is 0.469. The van der Waals surface area contributed by atoms with E-state index < -0.39 is 115 Å². The zero-order valence-corrected chi connectivity index (χ0v) is 29.2. The number of hydrogen-bond donors (Lipinski definition) is 13. The molecule has 0 fully saturated rings. The molecule has 8 atom stereocenters. The minimum atomic E-state index is -1.82. The van der Waals surface area contributed by atoms with E-state index in [0.29, 0.717) is 11.3 Å². The third kappa shape index (κ3) is 14.6. The third-order valence-corrected chi connectivity index (χ3v) is 7.63. The lowest BCUT2D eigenvalue weighted by Crippen LogP contribution is -2.60. The number of carboxylic acids is 2. The number of aliphatic hydroxyl groups excluding tert-OH is 3. The minimum absolute atomic E-state index is 0.00390. The van der Waals surface area contributed by atoms with Crippen LogP contribution >= 0.6 is 0 Å². The Morgan fingerprint density at radius 1 is 0.741 bits per heavy atom. The van der Waals surface area contributed by atoms with Gasteiger partial charge in [0.1, 0.15) is 24.2 Å². The second-order valence-corrected chi connectivity index (χ2v) is 12.1. The molecule has 22 heteroatoms. The molecule has 296 valence electrons. The Balaban J connectivity index is 2.08. The summed E-state index contributed by atoms with van der Waals surface area (Å²) in [6.45, 7) is 0.387. The van der Waals surface area contributed by atoms with Gasteiger partial charge in [0, 0.05) is 24.7 Å². The molecular weight excluding hydrogens is 718 g/mol. The fourth-order valence-electron chi connectivity index (χ4n) is 4.74. The summed E-state index contributed by atoms with van der Waals surface area (Å²) in [5.41, 5.74) is 6.87. The number of rotatable bonds is 22. The standard InChI is InChI=1S/C32H45N9O13/c1-15(43)25(31(52)38-20(8-17-6-4-3-5-7-17)29(50)41-26(16(2)44)32(53)54)40-23(45)12-35-28(49)21(10-24(46)47)37-30(51)22(13-42)39-27(48)19(33)9-18-11-34-14-36-18/h3-7,11,14-16,19-22,25-26,42-44H,8-10,12-13,33H2,1-2H3,(H,34,36)(H,35,49)(H,37,51)(H,38,52)(H,39,48)(H,40,45)(H,41,50)(H,46,47)(H,53,54)/t15-,16-,19+,20+,21+,22+,25+,26+/m1/s1. The number of nitrogens with two attached hydrogens (primary N) is 1. The van der Waals surface area contributed by atoms with Crippen molar-refractivity contribution in [3.8, 4) is 0 Å². The highest BCUT2D eigenvalue weighted by Gasteiger charge is 2.34. The highest BCUT2D eigenvalue weighted by atomic mass is 16.4. The van der Waals surface area contributed by atoms with Crippen LogP contribution in [-0.4, -0.2) is 144 Å². The molecule has 0 spiro atoms. The summed E-state index contributed by atoms with van der Waals surface area (Å²) in [7, 11) is 0. The largest absolute Gasteiger partial charge is 0.481 e. The van der Waals surface area contributed by atoms with E-state index in [1.165, 1.54) is 12.5 Å².